The molecule has 148 valence electrons. The third-order valence-corrected chi connectivity index (χ3v) is 5.45. The molecule has 2 aliphatic rings. The first kappa shape index (κ1) is 18.5. The van der Waals surface area contributed by atoms with Crippen LogP contribution in [0.3, 0.4) is 0 Å². The van der Waals surface area contributed by atoms with E-state index in [1.807, 2.05) is 24.0 Å². The summed E-state index contributed by atoms with van der Waals surface area (Å²) in [6, 6.07) is 9.95. The van der Waals surface area contributed by atoms with Crippen molar-refractivity contribution in [3.63, 3.8) is 0 Å². The standard InChI is InChI=1S/C21H27N5O2/c1-16-15-19(20(27)25-9-3-4-10-25)23-21(22-16)26-13-11-24(12-14-26)17-5-7-18(28-2)8-6-17/h5-8,15H,3-4,9-14H2,1-2H3. The lowest BCUT2D eigenvalue weighted by atomic mass is 10.2. The van der Waals surface area contributed by atoms with Crippen LogP contribution in [0.2, 0.25) is 0 Å². The molecule has 2 aromatic rings. The van der Waals surface area contributed by atoms with E-state index in [4.69, 9.17) is 4.74 Å². The van der Waals surface area contributed by atoms with E-state index < -0.39 is 0 Å². The molecule has 2 aliphatic heterocycles. The van der Waals surface area contributed by atoms with Gasteiger partial charge in [0.15, 0.2) is 0 Å². The van der Waals surface area contributed by atoms with Gasteiger partial charge in [0.2, 0.25) is 5.95 Å². The number of likely N-dealkylation sites (tertiary alicyclic amines) is 1. The average Bonchev–Trinajstić information content (AvgIpc) is 3.28. The summed E-state index contributed by atoms with van der Waals surface area (Å²) >= 11 is 0. The molecule has 0 radical (unpaired) electrons. The number of benzene rings is 1. The minimum Gasteiger partial charge on any atom is -0.497 e. The van der Waals surface area contributed by atoms with Gasteiger partial charge in [-0.1, -0.05) is 0 Å². The van der Waals surface area contributed by atoms with E-state index in [1.54, 1.807) is 13.2 Å². The predicted molar refractivity (Wildman–Crippen MR) is 109 cm³/mol. The molecule has 0 aliphatic carbocycles. The lowest BCUT2D eigenvalue weighted by molar-refractivity contribution is 0.0786. The van der Waals surface area contributed by atoms with Gasteiger partial charge in [-0.2, -0.15) is 0 Å². The molecular formula is C21H27N5O2. The van der Waals surface area contributed by atoms with Gasteiger partial charge in [0.25, 0.3) is 5.91 Å². The summed E-state index contributed by atoms with van der Waals surface area (Å²) in [6.07, 6.45) is 2.16. The van der Waals surface area contributed by atoms with Gasteiger partial charge in [-0.15, -0.1) is 0 Å². The minimum atomic E-state index is 0.0288. The summed E-state index contributed by atoms with van der Waals surface area (Å²) in [5, 5.41) is 0. The molecule has 7 nitrogen and oxygen atoms in total. The Labute approximate surface area is 165 Å². The van der Waals surface area contributed by atoms with Crippen LogP contribution in [0.1, 0.15) is 29.0 Å². The van der Waals surface area contributed by atoms with E-state index in [2.05, 4.69) is 31.9 Å². The Bertz CT molecular complexity index is 825. The molecule has 4 rings (SSSR count). The molecule has 2 fully saturated rings. The lowest BCUT2D eigenvalue weighted by Crippen LogP contribution is -2.47. The van der Waals surface area contributed by atoms with Crippen molar-refractivity contribution >= 4 is 17.5 Å². The second-order valence-corrected chi connectivity index (χ2v) is 7.37. The van der Waals surface area contributed by atoms with Crippen LogP contribution in [0, 0.1) is 6.92 Å². The maximum Gasteiger partial charge on any atom is 0.272 e. The van der Waals surface area contributed by atoms with Crippen LogP contribution in [0.25, 0.3) is 0 Å². The molecular weight excluding hydrogens is 354 g/mol. The Hall–Kier alpha value is -2.83. The van der Waals surface area contributed by atoms with Gasteiger partial charge in [0.05, 0.1) is 7.11 Å². The highest BCUT2D eigenvalue weighted by atomic mass is 16.5. The second-order valence-electron chi connectivity index (χ2n) is 7.37. The Morgan fingerprint density at radius 3 is 2.21 bits per heavy atom. The number of aryl methyl sites for hydroxylation is 1. The summed E-state index contributed by atoms with van der Waals surface area (Å²) in [4.78, 5) is 28.3. The van der Waals surface area contributed by atoms with E-state index in [9.17, 15) is 4.79 Å². The molecule has 0 N–H and O–H groups in total. The first-order valence-electron chi connectivity index (χ1n) is 9.93. The van der Waals surface area contributed by atoms with E-state index >= 15 is 0 Å². The molecule has 2 saturated heterocycles. The van der Waals surface area contributed by atoms with E-state index in [-0.39, 0.29) is 5.91 Å². The monoisotopic (exact) mass is 381 g/mol. The van der Waals surface area contributed by atoms with Crippen molar-refractivity contribution in [2.75, 3.05) is 56.2 Å². The number of piperazine rings is 1. The number of amides is 1. The highest BCUT2D eigenvalue weighted by Crippen LogP contribution is 2.22. The summed E-state index contributed by atoms with van der Waals surface area (Å²) in [5.74, 6) is 1.56. The fourth-order valence-electron chi connectivity index (χ4n) is 3.84. The van der Waals surface area contributed by atoms with Crippen molar-refractivity contribution in [2.24, 2.45) is 0 Å². The van der Waals surface area contributed by atoms with Crippen molar-refractivity contribution in [2.45, 2.75) is 19.8 Å². The van der Waals surface area contributed by atoms with Crippen LogP contribution in [0.15, 0.2) is 30.3 Å². The highest BCUT2D eigenvalue weighted by Gasteiger charge is 2.24. The van der Waals surface area contributed by atoms with Gasteiger partial charge in [-0.3, -0.25) is 4.79 Å². The smallest absolute Gasteiger partial charge is 0.272 e. The first-order chi connectivity index (χ1) is 13.6. The van der Waals surface area contributed by atoms with Crippen LogP contribution in [0.4, 0.5) is 11.6 Å². The normalized spacial score (nSPS) is 17.1. The largest absolute Gasteiger partial charge is 0.497 e. The fourth-order valence-corrected chi connectivity index (χ4v) is 3.84. The lowest BCUT2D eigenvalue weighted by Gasteiger charge is -2.36. The van der Waals surface area contributed by atoms with Gasteiger partial charge >= 0.3 is 0 Å². The van der Waals surface area contributed by atoms with Crippen molar-refractivity contribution in [3.8, 4) is 5.75 Å². The van der Waals surface area contributed by atoms with E-state index in [1.165, 1.54) is 5.69 Å². The zero-order valence-electron chi connectivity index (χ0n) is 16.6. The number of nitrogens with zero attached hydrogens (tertiary/aromatic N) is 5. The van der Waals surface area contributed by atoms with Crippen molar-refractivity contribution < 1.29 is 9.53 Å². The van der Waals surface area contributed by atoms with Crippen molar-refractivity contribution in [1.29, 1.82) is 0 Å². The molecule has 0 spiro atoms. The molecule has 7 heteroatoms. The van der Waals surface area contributed by atoms with Gasteiger partial charge < -0.3 is 19.4 Å². The number of rotatable bonds is 4. The number of methoxy groups -OCH3 is 1. The Morgan fingerprint density at radius 1 is 0.929 bits per heavy atom. The molecule has 0 unspecified atom stereocenters. The average molecular weight is 381 g/mol. The minimum absolute atomic E-state index is 0.0288. The van der Waals surface area contributed by atoms with Gasteiger partial charge in [-0.25, -0.2) is 9.97 Å². The molecule has 1 aromatic carbocycles. The number of anilines is 2. The second kappa shape index (κ2) is 8.04. The summed E-state index contributed by atoms with van der Waals surface area (Å²) in [5.41, 5.74) is 2.54. The van der Waals surface area contributed by atoms with Crippen LogP contribution in [-0.4, -0.2) is 67.2 Å². The Kier molecular flexibility index (Phi) is 5.32. The van der Waals surface area contributed by atoms with Crippen LogP contribution in [0.5, 0.6) is 5.75 Å². The number of aromatic nitrogens is 2. The number of carbonyl (C=O) groups is 1. The first-order valence-corrected chi connectivity index (χ1v) is 9.93. The van der Waals surface area contributed by atoms with Crippen LogP contribution >= 0.6 is 0 Å². The summed E-state index contributed by atoms with van der Waals surface area (Å²) < 4.78 is 5.24. The zero-order chi connectivity index (χ0) is 19.5. The van der Waals surface area contributed by atoms with Crippen LogP contribution < -0.4 is 14.5 Å². The number of hydrogen-bond donors (Lipinski definition) is 0. The maximum atomic E-state index is 12.7. The highest BCUT2D eigenvalue weighted by molar-refractivity contribution is 5.92. The quantitative estimate of drug-likeness (QED) is 0.810. The van der Waals surface area contributed by atoms with Gasteiger partial charge in [0, 0.05) is 50.6 Å². The van der Waals surface area contributed by atoms with Crippen molar-refractivity contribution in [3.05, 3.63) is 41.7 Å². The molecule has 3 heterocycles. The molecule has 0 saturated carbocycles. The van der Waals surface area contributed by atoms with Crippen LogP contribution in [-0.2, 0) is 0 Å². The van der Waals surface area contributed by atoms with Gasteiger partial charge in [0.1, 0.15) is 11.4 Å². The van der Waals surface area contributed by atoms with Gasteiger partial charge in [-0.05, 0) is 50.1 Å². The predicted octanol–water partition coefficient (Wildman–Crippen LogP) is 2.36. The molecule has 28 heavy (non-hydrogen) atoms. The fraction of sp³-hybridized carbons (Fsp3) is 0.476. The zero-order valence-corrected chi connectivity index (χ0v) is 16.6. The topological polar surface area (TPSA) is 61.8 Å². The number of hydrogen-bond acceptors (Lipinski definition) is 6. The van der Waals surface area contributed by atoms with E-state index in [0.717, 1.165) is 63.6 Å². The SMILES string of the molecule is COc1ccc(N2CCN(c3nc(C)cc(C(=O)N4CCCC4)n3)CC2)cc1. The maximum absolute atomic E-state index is 12.7. The third-order valence-electron chi connectivity index (χ3n) is 5.45. The number of ether oxygens (including phenoxy) is 1. The molecule has 1 aromatic heterocycles. The molecule has 1 amide bonds. The molecule has 0 atom stereocenters. The number of carbonyl (C=O) groups excluding carboxylic acids is 1. The summed E-state index contributed by atoms with van der Waals surface area (Å²) in [6.45, 7) is 7.02. The Morgan fingerprint density at radius 2 is 1.57 bits per heavy atom. The molecule has 0 bridgehead atoms. The Balaban J connectivity index is 1.44. The summed E-state index contributed by atoms with van der Waals surface area (Å²) in [7, 11) is 1.68. The van der Waals surface area contributed by atoms with Crippen molar-refractivity contribution in [1.82, 2.24) is 14.9 Å². The third kappa shape index (κ3) is 3.88. The van der Waals surface area contributed by atoms with E-state index in [0.29, 0.717) is 11.6 Å².